The molecule has 1 fully saturated rings. The van der Waals surface area contributed by atoms with Gasteiger partial charge in [-0.3, -0.25) is 4.79 Å². The van der Waals surface area contributed by atoms with E-state index in [1.807, 2.05) is 6.92 Å². The van der Waals surface area contributed by atoms with Crippen LogP contribution in [0.3, 0.4) is 0 Å². The minimum atomic E-state index is -1.33. The van der Waals surface area contributed by atoms with Crippen LogP contribution >= 0.6 is 0 Å². The fraction of sp³-hybridized carbons (Fsp3) is 0.929. The van der Waals surface area contributed by atoms with Crippen molar-refractivity contribution in [1.29, 1.82) is 0 Å². The minimum absolute atomic E-state index is 0. The summed E-state index contributed by atoms with van der Waals surface area (Å²) < 4.78 is 10.6. The summed E-state index contributed by atoms with van der Waals surface area (Å²) in [6.45, 7) is 2.27. The van der Waals surface area contributed by atoms with Gasteiger partial charge >= 0.3 is 0 Å². The number of amides is 1. The zero-order valence-corrected chi connectivity index (χ0v) is 18.2. The van der Waals surface area contributed by atoms with Gasteiger partial charge < -0.3 is 35.8 Å². The third-order valence-corrected chi connectivity index (χ3v) is 3.56. The second-order valence-corrected chi connectivity index (χ2v) is 5.41. The molecule has 0 saturated carbocycles. The summed E-state index contributed by atoms with van der Waals surface area (Å²) in [5.41, 5.74) is 7.74. The van der Waals surface area contributed by atoms with Crippen LogP contribution in [0.1, 0.15) is 32.6 Å². The first-order valence-corrected chi connectivity index (χ1v) is 7.73. The summed E-state index contributed by atoms with van der Waals surface area (Å²) >= 11 is 0. The van der Waals surface area contributed by atoms with Gasteiger partial charge in [-0.2, -0.15) is 0 Å². The maximum Gasteiger partial charge on any atom is 0.219 e. The second-order valence-electron chi connectivity index (χ2n) is 5.41. The third kappa shape index (κ3) is 8.06. The molecule has 1 rings (SSSR count). The van der Waals surface area contributed by atoms with Crippen molar-refractivity contribution in [3.63, 3.8) is 0 Å². The summed E-state index contributed by atoms with van der Waals surface area (Å²) in [7, 11) is 0. The molecule has 1 aliphatic heterocycles. The van der Waals surface area contributed by atoms with Crippen LogP contribution in [0.5, 0.6) is 0 Å². The van der Waals surface area contributed by atoms with Crippen molar-refractivity contribution >= 4 is 5.91 Å². The number of hydrogen-bond acceptors (Lipinski definition) is 6. The molecular formula is C14H27AcN2O6-. The van der Waals surface area contributed by atoms with E-state index in [4.69, 9.17) is 20.3 Å². The van der Waals surface area contributed by atoms with E-state index in [1.54, 1.807) is 0 Å². The molecule has 1 radical (unpaired) electrons. The van der Waals surface area contributed by atoms with E-state index in [1.165, 1.54) is 0 Å². The first-order valence-electron chi connectivity index (χ1n) is 7.73. The fourth-order valence-corrected chi connectivity index (χ4v) is 2.15. The van der Waals surface area contributed by atoms with Crippen molar-refractivity contribution in [2.75, 3.05) is 19.8 Å². The molecule has 1 saturated heterocycles. The van der Waals surface area contributed by atoms with E-state index in [2.05, 4.69) is 5.32 Å². The van der Waals surface area contributed by atoms with Crippen molar-refractivity contribution in [3.05, 3.63) is 5.73 Å². The summed E-state index contributed by atoms with van der Waals surface area (Å²) in [6.07, 6.45) is -1.70. The van der Waals surface area contributed by atoms with E-state index >= 15 is 0 Å². The van der Waals surface area contributed by atoms with E-state index in [0.29, 0.717) is 19.4 Å². The normalized spacial score (nSPS) is 30.6. The van der Waals surface area contributed by atoms with Gasteiger partial charge in [0.2, 0.25) is 5.91 Å². The van der Waals surface area contributed by atoms with Crippen LogP contribution in [0.2, 0.25) is 0 Å². The molecule has 0 aliphatic carbocycles. The van der Waals surface area contributed by atoms with Gasteiger partial charge in [-0.15, -0.1) is 0 Å². The first kappa shape index (κ1) is 23.7. The predicted molar refractivity (Wildman–Crippen MR) is 79.0 cm³/mol. The summed E-state index contributed by atoms with van der Waals surface area (Å²) in [5, 5.41) is 31.2. The number of rotatable bonds is 9. The summed E-state index contributed by atoms with van der Waals surface area (Å²) in [4.78, 5) is 11.4. The van der Waals surface area contributed by atoms with Crippen LogP contribution in [0, 0.1) is 44.1 Å². The predicted octanol–water partition coefficient (Wildman–Crippen LogP) is -0.441. The molecule has 3 unspecified atom stereocenters. The molecule has 0 aromatic heterocycles. The number of unbranched alkanes of at least 4 members (excludes halogenated alkanes) is 1. The van der Waals surface area contributed by atoms with Gasteiger partial charge in [0, 0.05) is 57.0 Å². The summed E-state index contributed by atoms with van der Waals surface area (Å²) in [5.74, 6) is 0.00743. The number of aliphatic hydroxyl groups excluding tert-OH is 3. The van der Waals surface area contributed by atoms with E-state index in [9.17, 15) is 15.0 Å². The quantitative estimate of drug-likeness (QED) is 0.290. The minimum Gasteiger partial charge on any atom is -0.668 e. The number of ether oxygens (including phenoxy) is 2. The van der Waals surface area contributed by atoms with Gasteiger partial charge in [-0.25, -0.2) is 0 Å². The number of aliphatic hydroxyl groups is 3. The molecular weight excluding hydrogens is 519 g/mol. The first-order chi connectivity index (χ1) is 10.5. The fourth-order valence-electron chi connectivity index (χ4n) is 2.15. The van der Waals surface area contributed by atoms with Crippen molar-refractivity contribution in [2.24, 2.45) is 0 Å². The largest absolute Gasteiger partial charge is 0.668 e. The molecule has 0 aromatic carbocycles. The van der Waals surface area contributed by atoms with Gasteiger partial charge in [-0.05, 0) is 12.8 Å². The van der Waals surface area contributed by atoms with Gasteiger partial charge in [0.05, 0.1) is 19.3 Å². The Balaban J connectivity index is 0.00000484. The topological polar surface area (TPSA) is 132 Å². The number of nitrogens with one attached hydrogen (secondary N) is 2. The van der Waals surface area contributed by atoms with Crippen molar-refractivity contribution in [2.45, 2.75) is 63.3 Å². The molecule has 8 nitrogen and oxygen atoms in total. The van der Waals surface area contributed by atoms with Gasteiger partial charge in [0.1, 0.15) is 18.5 Å². The molecule has 5 atom stereocenters. The van der Waals surface area contributed by atoms with Crippen LogP contribution in [-0.4, -0.2) is 71.6 Å². The zero-order valence-electron chi connectivity index (χ0n) is 13.5. The number of carbonyl (C=O) groups is 1. The maximum atomic E-state index is 11.4. The molecule has 1 aliphatic rings. The van der Waals surface area contributed by atoms with E-state index < -0.39 is 37.3 Å². The van der Waals surface area contributed by atoms with Gasteiger partial charge in [-0.1, -0.05) is 19.4 Å². The summed E-state index contributed by atoms with van der Waals surface area (Å²) in [6, 6.07) is -1.14. The Hall–Kier alpha value is 0.672. The van der Waals surface area contributed by atoms with Crippen molar-refractivity contribution in [1.82, 2.24) is 5.32 Å². The Morgan fingerprint density at radius 3 is 2.61 bits per heavy atom. The monoisotopic (exact) mass is 546 g/mol. The molecule has 0 bridgehead atoms. The van der Waals surface area contributed by atoms with Crippen molar-refractivity contribution < 1.29 is 73.7 Å². The average molecular weight is 546 g/mol. The van der Waals surface area contributed by atoms with Crippen molar-refractivity contribution in [3.8, 4) is 0 Å². The smallest absolute Gasteiger partial charge is 0.219 e. The SMILES string of the molecule is CCCCC(=O)NCCCO[C@@H]1OC(CO)[C@H](O)C(O)C1[NH-].[Ac]. The number of hydrogen-bond donors (Lipinski definition) is 4. The maximum absolute atomic E-state index is 11.4. The van der Waals surface area contributed by atoms with Crippen LogP contribution < -0.4 is 5.32 Å². The molecule has 1 amide bonds. The van der Waals surface area contributed by atoms with E-state index in [0.717, 1.165) is 12.8 Å². The molecule has 133 valence electrons. The van der Waals surface area contributed by atoms with Crippen LogP contribution in [-0.2, 0) is 14.3 Å². The molecule has 5 N–H and O–H groups in total. The molecule has 0 aromatic rings. The Bertz CT molecular complexity index is 334. The standard InChI is InChI=1S/C14H27N2O6.Ac/c1-2-3-5-10(18)16-6-4-7-21-14-11(15)13(20)12(19)9(8-17)22-14;/h9,11-15,17,19-20H,2-8H2,1H3,(H,16,18);/q-1;/t9?,11?,12-,13?,14+;/m0./s1. The van der Waals surface area contributed by atoms with E-state index in [-0.39, 0.29) is 56.6 Å². The van der Waals surface area contributed by atoms with Crippen LogP contribution in [0.15, 0.2) is 0 Å². The Morgan fingerprint density at radius 2 is 2.00 bits per heavy atom. The molecule has 1 heterocycles. The Morgan fingerprint density at radius 1 is 1.30 bits per heavy atom. The second kappa shape index (κ2) is 13.0. The van der Waals surface area contributed by atoms with Gasteiger partial charge in [0.25, 0.3) is 0 Å². The molecule has 0 spiro atoms. The Labute approximate surface area is 172 Å². The van der Waals surface area contributed by atoms with Crippen LogP contribution in [0.25, 0.3) is 5.73 Å². The molecule has 9 heteroatoms. The Kier molecular flexibility index (Phi) is 13.3. The zero-order chi connectivity index (χ0) is 16.5. The third-order valence-electron chi connectivity index (χ3n) is 3.56. The van der Waals surface area contributed by atoms with Crippen LogP contribution in [0.4, 0.5) is 0 Å². The molecule has 23 heavy (non-hydrogen) atoms. The van der Waals surface area contributed by atoms with Gasteiger partial charge in [0.15, 0.2) is 0 Å². The average Bonchev–Trinajstić information content (AvgIpc) is 2.52. The number of carbonyl (C=O) groups excluding carboxylic acids is 1.